The Bertz CT molecular complexity index is 1200. The number of pyridine rings is 1. The molecular formula is C27H30N4O5. The lowest BCUT2D eigenvalue weighted by Gasteiger charge is -2.18. The number of carbonyl (C=O) groups is 3. The van der Waals surface area contributed by atoms with E-state index >= 15 is 0 Å². The number of fused-ring (bicyclic) bond motifs is 2. The van der Waals surface area contributed by atoms with Crippen molar-refractivity contribution in [1.82, 2.24) is 14.8 Å². The van der Waals surface area contributed by atoms with Gasteiger partial charge >= 0.3 is 0 Å². The van der Waals surface area contributed by atoms with Gasteiger partial charge in [-0.3, -0.25) is 14.4 Å². The smallest absolute Gasteiger partial charge is 0.268 e. The lowest BCUT2D eigenvalue weighted by Crippen LogP contribution is -2.36. The summed E-state index contributed by atoms with van der Waals surface area (Å²) in [6.45, 7) is 0.925. The van der Waals surface area contributed by atoms with E-state index in [-0.39, 0.29) is 30.4 Å². The number of hydrogen-bond acceptors (Lipinski definition) is 6. The highest BCUT2D eigenvalue weighted by molar-refractivity contribution is 6.03. The van der Waals surface area contributed by atoms with E-state index in [2.05, 4.69) is 4.98 Å². The third-order valence-corrected chi connectivity index (χ3v) is 7.74. The minimum Gasteiger partial charge on any atom is -0.479 e. The Hall–Kier alpha value is -3.62. The average molecular weight is 491 g/mol. The molecule has 0 N–H and O–H groups in total. The lowest BCUT2D eigenvalue weighted by atomic mass is 10.1. The summed E-state index contributed by atoms with van der Waals surface area (Å²) in [5, 5.41) is 0. The Kier molecular flexibility index (Phi) is 5.58. The summed E-state index contributed by atoms with van der Waals surface area (Å²) in [5.41, 5.74) is 2.06. The second-order valence-electron chi connectivity index (χ2n) is 10.5. The number of nitrogens with zero attached hydrogens (tertiary/aromatic N) is 4. The molecule has 0 radical (unpaired) electrons. The van der Waals surface area contributed by atoms with E-state index in [4.69, 9.17) is 9.47 Å². The lowest BCUT2D eigenvalue weighted by molar-refractivity contribution is -0.129. The molecule has 2 aromatic rings. The van der Waals surface area contributed by atoms with Gasteiger partial charge in [0.15, 0.2) is 6.10 Å². The molecule has 9 heteroatoms. The van der Waals surface area contributed by atoms with Crippen LogP contribution in [0.2, 0.25) is 0 Å². The maximum absolute atomic E-state index is 13.1. The first-order valence-corrected chi connectivity index (χ1v) is 12.6. The van der Waals surface area contributed by atoms with E-state index in [1.54, 1.807) is 43.4 Å². The SMILES string of the molecule is CN(C)C(=O)CN1Cc2ccc(N3CCC(Oc4ccc(OC5CC6CC6C5)nc4)C3=O)cc2C1=O. The van der Waals surface area contributed by atoms with Gasteiger partial charge in [0.1, 0.15) is 18.4 Å². The van der Waals surface area contributed by atoms with Crippen LogP contribution < -0.4 is 14.4 Å². The quantitative estimate of drug-likeness (QED) is 0.592. The number of benzene rings is 1. The number of likely N-dealkylation sites (N-methyl/N-ethyl adjacent to an activating group) is 1. The Morgan fingerprint density at radius 3 is 2.61 bits per heavy atom. The number of hydrogen-bond donors (Lipinski definition) is 0. The van der Waals surface area contributed by atoms with Gasteiger partial charge in [0.05, 0.1) is 6.20 Å². The van der Waals surface area contributed by atoms with Gasteiger partial charge in [-0.05, 0) is 54.9 Å². The summed E-state index contributed by atoms with van der Waals surface area (Å²) in [6, 6.07) is 9.06. The first kappa shape index (κ1) is 22.8. The van der Waals surface area contributed by atoms with Crippen molar-refractivity contribution < 1.29 is 23.9 Å². The van der Waals surface area contributed by atoms with Crippen LogP contribution in [0.1, 0.15) is 41.6 Å². The van der Waals surface area contributed by atoms with Crippen LogP contribution in [0.3, 0.4) is 0 Å². The second kappa shape index (κ2) is 8.80. The highest BCUT2D eigenvalue weighted by Gasteiger charge is 2.47. The highest BCUT2D eigenvalue weighted by Crippen LogP contribution is 2.52. The molecule has 4 aliphatic rings. The number of anilines is 1. The van der Waals surface area contributed by atoms with Crippen molar-refractivity contribution in [2.24, 2.45) is 11.8 Å². The summed E-state index contributed by atoms with van der Waals surface area (Å²) >= 11 is 0. The molecule has 3 fully saturated rings. The van der Waals surface area contributed by atoms with Gasteiger partial charge in [0.25, 0.3) is 11.8 Å². The second-order valence-corrected chi connectivity index (χ2v) is 10.5. The summed E-state index contributed by atoms with van der Waals surface area (Å²) in [7, 11) is 3.34. The molecular weight excluding hydrogens is 460 g/mol. The summed E-state index contributed by atoms with van der Waals surface area (Å²) < 4.78 is 11.9. The van der Waals surface area contributed by atoms with E-state index in [1.165, 1.54) is 16.2 Å². The monoisotopic (exact) mass is 490 g/mol. The molecule has 1 saturated heterocycles. The van der Waals surface area contributed by atoms with Gasteiger partial charge in [-0.2, -0.15) is 0 Å². The molecule has 2 saturated carbocycles. The third-order valence-electron chi connectivity index (χ3n) is 7.74. The number of aromatic nitrogens is 1. The van der Waals surface area contributed by atoms with Crippen LogP contribution in [0.25, 0.3) is 0 Å². The number of rotatable bonds is 7. The molecule has 9 nitrogen and oxygen atoms in total. The summed E-state index contributed by atoms with van der Waals surface area (Å²) in [5.74, 6) is 2.36. The van der Waals surface area contributed by atoms with Gasteiger partial charge in [-0.15, -0.1) is 0 Å². The van der Waals surface area contributed by atoms with E-state index in [0.717, 1.165) is 30.2 Å². The minimum atomic E-state index is -0.612. The van der Waals surface area contributed by atoms with Crippen molar-refractivity contribution in [3.05, 3.63) is 47.7 Å². The molecule has 3 amide bonds. The molecule has 3 unspecified atom stereocenters. The Morgan fingerprint density at radius 1 is 1.08 bits per heavy atom. The molecule has 3 atom stereocenters. The zero-order valence-electron chi connectivity index (χ0n) is 20.6. The standard InChI is InChI=1S/C27H30N4O5/c1-29(2)25(32)15-30-14-16-3-4-19(12-22(16)26(30)33)31-8-7-23(27(31)34)35-20-5-6-24(28-13-20)36-21-10-17-9-18(17)11-21/h3-6,12-13,17-18,21,23H,7-11,14-15H2,1-2H3. The van der Waals surface area contributed by atoms with Crippen LogP contribution in [0.15, 0.2) is 36.5 Å². The van der Waals surface area contributed by atoms with Crippen LogP contribution >= 0.6 is 0 Å². The number of carbonyl (C=O) groups excluding carboxylic acids is 3. The van der Waals surface area contributed by atoms with Crippen LogP contribution in [0, 0.1) is 11.8 Å². The zero-order valence-corrected chi connectivity index (χ0v) is 20.6. The van der Waals surface area contributed by atoms with E-state index < -0.39 is 6.10 Å². The van der Waals surface area contributed by atoms with Crippen LogP contribution in [0.5, 0.6) is 11.6 Å². The van der Waals surface area contributed by atoms with Crippen molar-refractivity contribution in [2.75, 3.05) is 32.1 Å². The molecule has 3 heterocycles. The van der Waals surface area contributed by atoms with Crippen molar-refractivity contribution >= 4 is 23.4 Å². The molecule has 2 aliphatic heterocycles. The molecule has 36 heavy (non-hydrogen) atoms. The largest absolute Gasteiger partial charge is 0.479 e. The van der Waals surface area contributed by atoms with Crippen molar-refractivity contribution in [3.63, 3.8) is 0 Å². The predicted molar refractivity (Wildman–Crippen MR) is 131 cm³/mol. The number of ether oxygens (including phenoxy) is 2. The first-order chi connectivity index (χ1) is 17.4. The first-order valence-electron chi connectivity index (χ1n) is 12.6. The van der Waals surface area contributed by atoms with E-state index in [0.29, 0.717) is 42.4 Å². The van der Waals surface area contributed by atoms with Gasteiger partial charge in [-0.1, -0.05) is 6.07 Å². The maximum Gasteiger partial charge on any atom is 0.268 e. The van der Waals surface area contributed by atoms with Crippen molar-refractivity contribution in [1.29, 1.82) is 0 Å². The van der Waals surface area contributed by atoms with Crippen LogP contribution in [-0.2, 0) is 16.1 Å². The molecule has 6 rings (SSSR count). The minimum absolute atomic E-state index is 0.0357. The molecule has 2 aliphatic carbocycles. The fourth-order valence-corrected chi connectivity index (χ4v) is 5.57. The molecule has 1 aromatic heterocycles. The fraction of sp³-hybridized carbons (Fsp3) is 0.481. The van der Waals surface area contributed by atoms with Gasteiger partial charge in [0.2, 0.25) is 11.8 Å². The highest BCUT2D eigenvalue weighted by atomic mass is 16.5. The average Bonchev–Trinajstić information content (AvgIpc) is 3.15. The summed E-state index contributed by atoms with van der Waals surface area (Å²) in [4.78, 5) is 47.1. The van der Waals surface area contributed by atoms with Gasteiger partial charge in [-0.25, -0.2) is 4.98 Å². The number of amides is 3. The topological polar surface area (TPSA) is 92.3 Å². The fourth-order valence-electron chi connectivity index (χ4n) is 5.57. The Balaban J connectivity index is 1.07. The maximum atomic E-state index is 13.1. The van der Waals surface area contributed by atoms with Crippen molar-refractivity contribution in [2.45, 2.75) is 44.4 Å². The van der Waals surface area contributed by atoms with Crippen molar-refractivity contribution in [3.8, 4) is 11.6 Å². The zero-order chi connectivity index (χ0) is 25.0. The normalized spacial score (nSPS) is 26.2. The summed E-state index contributed by atoms with van der Waals surface area (Å²) in [6.07, 6.45) is 5.39. The van der Waals surface area contributed by atoms with Gasteiger partial charge < -0.3 is 24.2 Å². The predicted octanol–water partition coefficient (Wildman–Crippen LogP) is 2.49. The van der Waals surface area contributed by atoms with Gasteiger partial charge in [0, 0.05) is 50.9 Å². The van der Waals surface area contributed by atoms with Crippen LogP contribution in [-0.4, -0.2) is 71.9 Å². The molecule has 0 bridgehead atoms. The van der Waals surface area contributed by atoms with Crippen LogP contribution in [0.4, 0.5) is 5.69 Å². The molecule has 1 aromatic carbocycles. The molecule has 188 valence electrons. The third kappa shape index (κ3) is 4.27. The Labute approximate surface area is 210 Å². The van der Waals surface area contributed by atoms with E-state index in [9.17, 15) is 14.4 Å². The molecule has 0 spiro atoms. The van der Waals surface area contributed by atoms with E-state index in [1.807, 2.05) is 12.1 Å². The Morgan fingerprint density at radius 2 is 1.89 bits per heavy atom.